The fraction of sp³-hybridized carbons (Fsp3) is 0.556. The summed E-state index contributed by atoms with van der Waals surface area (Å²) in [6.07, 6.45) is 1.78. The monoisotopic (exact) mass is 322 g/mol. The molecular weight excluding hydrogens is 296 g/mol. The Morgan fingerprint density at radius 3 is 1.36 bits per heavy atom. The predicted octanol–water partition coefficient (Wildman–Crippen LogP) is 5.34. The molecule has 0 radical (unpaired) electrons. The summed E-state index contributed by atoms with van der Waals surface area (Å²) in [6.45, 7) is 12.3. The van der Waals surface area contributed by atoms with Crippen molar-refractivity contribution in [1.82, 2.24) is 0 Å². The molecule has 0 N–H and O–H groups in total. The van der Waals surface area contributed by atoms with Crippen molar-refractivity contribution in [3.05, 3.63) is 27.8 Å². The zero-order chi connectivity index (χ0) is 17.0. The van der Waals surface area contributed by atoms with E-state index in [1.165, 1.54) is 12.0 Å². The smallest absolute Gasteiger partial charge is 0.150 e. The van der Waals surface area contributed by atoms with Gasteiger partial charge in [0.05, 0.1) is 7.11 Å². The summed E-state index contributed by atoms with van der Waals surface area (Å²) in [5, 5.41) is 0. The number of carbonyl (C=O) groups excluding carboxylic acids is 2. The SMILES string of the molecule is COSc1c(C(C)C)c(C=O)c(C(C)C)c(C=O)c1C(C)C. The third-order valence-corrected chi connectivity index (χ3v) is 4.56. The van der Waals surface area contributed by atoms with Crippen molar-refractivity contribution in [2.75, 3.05) is 7.11 Å². The highest BCUT2D eigenvalue weighted by Crippen LogP contribution is 2.43. The highest BCUT2D eigenvalue weighted by atomic mass is 32.2. The molecule has 0 aliphatic rings. The van der Waals surface area contributed by atoms with Crippen LogP contribution >= 0.6 is 12.0 Å². The molecule has 0 atom stereocenters. The third kappa shape index (κ3) is 3.44. The lowest BCUT2D eigenvalue weighted by Crippen LogP contribution is -2.14. The summed E-state index contributed by atoms with van der Waals surface area (Å²) >= 11 is 1.25. The highest BCUT2D eigenvalue weighted by Gasteiger charge is 2.27. The fourth-order valence-electron chi connectivity index (χ4n) is 3.02. The van der Waals surface area contributed by atoms with Crippen LogP contribution in [0, 0.1) is 0 Å². The number of aldehydes is 2. The zero-order valence-electron chi connectivity index (χ0n) is 14.5. The minimum Gasteiger partial charge on any atom is -0.314 e. The molecule has 0 aliphatic carbocycles. The van der Waals surface area contributed by atoms with Crippen molar-refractivity contribution >= 4 is 24.6 Å². The van der Waals surface area contributed by atoms with Crippen molar-refractivity contribution in [2.45, 2.75) is 64.2 Å². The fourth-order valence-corrected chi connectivity index (χ4v) is 4.06. The normalized spacial score (nSPS) is 11.5. The van der Waals surface area contributed by atoms with Gasteiger partial charge >= 0.3 is 0 Å². The Labute approximate surface area is 138 Å². The van der Waals surface area contributed by atoms with E-state index in [2.05, 4.69) is 27.7 Å². The van der Waals surface area contributed by atoms with Gasteiger partial charge in [-0.05, 0) is 34.4 Å². The van der Waals surface area contributed by atoms with Gasteiger partial charge in [-0.3, -0.25) is 9.59 Å². The molecule has 0 aliphatic heterocycles. The van der Waals surface area contributed by atoms with E-state index in [4.69, 9.17) is 4.18 Å². The van der Waals surface area contributed by atoms with Gasteiger partial charge in [-0.2, -0.15) is 0 Å². The average molecular weight is 322 g/mol. The van der Waals surface area contributed by atoms with Crippen molar-refractivity contribution in [3.63, 3.8) is 0 Å². The third-order valence-electron chi connectivity index (χ3n) is 3.78. The first-order chi connectivity index (χ1) is 10.3. The lowest BCUT2D eigenvalue weighted by molar-refractivity contribution is 0.112. The van der Waals surface area contributed by atoms with E-state index in [1.54, 1.807) is 7.11 Å². The molecule has 0 unspecified atom stereocenters. The number of benzene rings is 1. The number of hydrogen-bond acceptors (Lipinski definition) is 4. The highest BCUT2D eigenvalue weighted by molar-refractivity contribution is 7.94. The van der Waals surface area contributed by atoms with E-state index in [0.717, 1.165) is 34.2 Å². The van der Waals surface area contributed by atoms with Gasteiger partial charge in [0.1, 0.15) is 0 Å². The number of rotatable bonds is 7. The van der Waals surface area contributed by atoms with Gasteiger partial charge in [0.25, 0.3) is 0 Å². The van der Waals surface area contributed by atoms with Crippen LogP contribution in [0.5, 0.6) is 0 Å². The molecule has 0 saturated heterocycles. The number of carbonyl (C=O) groups is 2. The Bertz CT molecular complexity index is 519. The molecule has 22 heavy (non-hydrogen) atoms. The second kappa shape index (κ2) is 7.93. The molecule has 1 aromatic rings. The second-order valence-corrected chi connectivity index (χ2v) is 7.26. The van der Waals surface area contributed by atoms with Crippen LogP contribution in [0.1, 0.15) is 96.7 Å². The quantitative estimate of drug-likeness (QED) is 0.502. The van der Waals surface area contributed by atoms with E-state index >= 15 is 0 Å². The molecule has 122 valence electrons. The van der Waals surface area contributed by atoms with Gasteiger partial charge in [0.15, 0.2) is 12.6 Å². The molecule has 0 saturated carbocycles. The van der Waals surface area contributed by atoms with Gasteiger partial charge in [-0.25, -0.2) is 0 Å². The molecule has 1 rings (SSSR count). The summed E-state index contributed by atoms with van der Waals surface area (Å²) in [5.74, 6) is 0.457. The Morgan fingerprint density at radius 2 is 1.14 bits per heavy atom. The second-order valence-electron chi connectivity index (χ2n) is 6.35. The summed E-state index contributed by atoms with van der Waals surface area (Å²) < 4.78 is 5.29. The molecule has 4 heteroatoms. The summed E-state index contributed by atoms with van der Waals surface area (Å²) in [6, 6.07) is 0. The van der Waals surface area contributed by atoms with Crippen LogP contribution in [0.15, 0.2) is 4.90 Å². The van der Waals surface area contributed by atoms with Crippen LogP contribution in [0.4, 0.5) is 0 Å². The molecule has 0 bridgehead atoms. The van der Waals surface area contributed by atoms with Crippen molar-refractivity contribution in [3.8, 4) is 0 Å². The van der Waals surface area contributed by atoms with E-state index in [1.807, 2.05) is 13.8 Å². The molecule has 0 spiro atoms. The largest absolute Gasteiger partial charge is 0.314 e. The minimum absolute atomic E-state index is 0.108. The summed E-state index contributed by atoms with van der Waals surface area (Å²) in [7, 11) is 1.61. The van der Waals surface area contributed by atoms with E-state index in [0.29, 0.717) is 11.1 Å². The van der Waals surface area contributed by atoms with E-state index < -0.39 is 0 Å². The van der Waals surface area contributed by atoms with Crippen LogP contribution in [0.3, 0.4) is 0 Å². The Hall–Kier alpha value is -1.13. The van der Waals surface area contributed by atoms with Gasteiger partial charge in [0, 0.05) is 28.1 Å². The molecule has 0 aromatic heterocycles. The van der Waals surface area contributed by atoms with Crippen molar-refractivity contribution in [1.29, 1.82) is 0 Å². The van der Waals surface area contributed by atoms with Crippen LogP contribution in [-0.2, 0) is 4.18 Å². The predicted molar refractivity (Wildman–Crippen MR) is 92.4 cm³/mol. The Balaban J connectivity index is 4.05. The van der Waals surface area contributed by atoms with Gasteiger partial charge < -0.3 is 4.18 Å². The van der Waals surface area contributed by atoms with Crippen LogP contribution in [-0.4, -0.2) is 19.7 Å². The van der Waals surface area contributed by atoms with Gasteiger partial charge in [-0.1, -0.05) is 41.5 Å². The first kappa shape index (κ1) is 18.9. The lowest BCUT2D eigenvalue weighted by Gasteiger charge is -2.26. The maximum absolute atomic E-state index is 11.8. The Kier molecular flexibility index (Phi) is 6.82. The van der Waals surface area contributed by atoms with Crippen LogP contribution in [0.25, 0.3) is 0 Å². The molecular formula is C18H26O3S. The Morgan fingerprint density at radius 1 is 0.773 bits per heavy atom. The minimum atomic E-state index is 0.108. The topological polar surface area (TPSA) is 43.4 Å². The maximum Gasteiger partial charge on any atom is 0.150 e. The van der Waals surface area contributed by atoms with E-state index in [-0.39, 0.29) is 17.8 Å². The maximum atomic E-state index is 11.8. The van der Waals surface area contributed by atoms with Crippen LogP contribution in [0.2, 0.25) is 0 Å². The lowest BCUT2D eigenvalue weighted by atomic mass is 9.81. The molecule has 0 heterocycles. The first-order valence-corrected chi connectivity index (χ1v) is 8.40. The zero-order valence-corrected chi connectivity index (χ0v) is 15.3. The van der Waals surface area contributed by atoms with Crippen LogP contribution < -0.4 is 0 Å². The standard InChI is InChI=1S/C18H26O3S/c1-10(2)15-13(8-19)16(11(3)4)18(22-21-7)17(12(5)6)14(15)9-20/h8-12H,1-7H3. The first-order valence-electron chi connectivity index (χ1n) is 7.66. The van der Waals surface area contributed by atoms with Gasteiger partial charge in [0.2, 0.25) is 0 Å². The average Bonchev–Trinajstić information content (AvgIpc) is 2.44. The summed E-state index contributed by atoms with van der Waals surface area (Å²) in [4.78, 5) is 24.5. The summed E-state index contributed by atoms with van der Waals surface area (Å²) in [5.41, 5.74) is 4.13. The van der Waals surface area contributed by atoms with Crippen molar-refractivity contribution < 1.29 is 13.8 Å². The van der Waals surface area contributed by atoms with Crippen molar-refractivity contribution in [2.24, 2.45) is 0 Å². The van der Waals surface area contributed by atoms with Gasteiger partial charge in [-0.15, -0.1) is 0 Å². The molecule has 1 aromatic carbocycles. The van der Waals surface area contributed by atoms with E-state index in [9.17, 15) is 9.59 Å². The number of hydrogen-bond donors (Lipinski definition) is 0. The molecule has 0 amide bonds. The molecule has 0 fully saturated rings. The molecule has 3 nitrogen and oxygen atoms in total.